The molecule has 0 radical (unpaired) electrons. The van der Waals surface area contributed by atoms with Crippen LogP contribution in [-0.4, -0.2) is 0 Å². The SMILES string of the molecule is CCC(C)CCCC(C)(C)C. The van der Waals surface area contributed by atoms with Gasteiger partial charge in [0.25, 0.3) is 0 Å². The molecule has 1 unspecified atom stereocenters. The van der Waals surface area contributed by atoms with E-state index in [2.05, 4.69) is 34.6 Å². The minimum Gasteiger partial charge on any atom is -0.0651 e. The molecule has 0 nitrogen and oxygen atoms in total. The Kier molecular flexibility index (Phi) is 4.79. The Bertz CT molecular complexity index is 86.7. The first-order valence-electron chi connectivity index (χ1n) is 4.95. The third-order valence-corrected chi connectivity index (χ3v) is 2.32. The maximum absolute atomic E-state index is 2.35. The van der Waals surface area contributed by atoms with Crippen molar-refractivity contribution in [2.45, 2.75) is 60.3 Å². The van der Waals surface area contributed by atoms with E-state index in [0.717, 1.165) is 5.92 Å². The van der Waals surface area contributed by atoms with Gasteiger partial charge in [-0.25, -0.2) is 0 Å². The lowest BCUT2D eigenvalue weighted by molar-refractivity contribution is 0.341. The molecule has 0 rings (SSSR count). The lowest BCUT2D eigenvalue weighted by Crippen LogP contribution is -2.05. The molecule has 0 fully saturated rings. The highest BCUT2D eigenvalue weighted by Gasteiger charge is 2.09. The molecule has 1 atom stereocenters. The zero-order chi connectivity index (χ0) is 8.91. The zero-order valence-electron chi connectivity index (χ0n) is 8.91. The summed E-state index contributed by atoms with van der Waals surface area (Å²) in [6, 6.07) is 0. The Labute approximate surface area is 72.4 Å². The Morgan fingerprint density at radius 3 is 2.09 bits per heavy atom. The third-order valence-electron chi connectivity index (χ3n) is 2.32. The minimum atomic E-state index is 0.535. The van der Waals surface area contributed by atoms with E-state index in [4.69, 9.17) is 0 Å². The van der Waals surface area contributed by atoms with Gasteiger partial charge in [0.1, 0.15) is 0 Å². The molecule has 0 aliphatic carbocycles. The van der Waals surface area contributed by atoms with Gasteiger partial charge < -0.3 is 0 Å². The van der Waals surface area contributed by atoms with E-state index < -0.39 is 0 Å². The highest BCUT2D eigenvalue weighted by atomic mass is 14.2. The Balaban J connectivity index is 3.28. The van der Waals surface area contributed by atoms with Gasteiger partial charge in [-0.2, -0.15) is 0 Å². The van der Waals surface area contributed by atoms with E-state index in [0.29, 0.717) is 5.41 Å². The van der Waals surface area contributed by atoms with Crippen LogP contribution in [0.2, 0.25) is 0 Å². The van der Waals surface area contributed by atoms with Crippen molar-refractivity contribution in [3.05, 3.63) is 0 Å². The Morgan fingerprint density at radius 1 is 1.18 bits per heavy atom. The van der Waals surface area contributed by atoms with E-state index in [9.17, 15) is 0 Å². The van der Waals surface area contributed by atoms with Crippen LogP contribution < -0.4 is 0 Å². The summed E-state index contributed by atoms with van der Waals surface area (Å²) < 4.78 is 0. The molecule has 0 aliphatic rings. The van der Waals surface area contributed by atoms with Crippen molar-refractivity contribution in [2.75, 3.05) is 0 Å². The van der Waals surface area contributed by atoms with E-state index in [1.807, 2.05) is 0 Å². The van der Waals surface area contributed by atoms with Crippen LogP contribution in [0.5, 0.6) is 0 Å². The van der Waals surface area contributed by atoms with Crippen molar-refractivity contribution in [1.82, 2.24) is 0 Å². The van der Waals surface area contributed by atoms with Crippen molar-refractivity contribution in [3.8, 4) is 0 Å². The van der Waals surface area contributed by atoms with E-state index >= 15 is 0 Å². The minimum absolute atomic E-state index is 0.535. The standard InChI is InChI=1S/C11H24/c1-6-10(2)8-7-9-11(3,4)5/h10H,6-9H2,1-5H3. The van der Waals surface area contributed by atoms with Gasteiger partial charge in [-0.1, -0.05) is 53.9 Å². The second kappa shape index (κ2) is 4.79. The van der Waals surface area contributed by atoms with E-state index in [-0.39, 0.29) is 0 Å². The molecular formula is C11H24. The van der Waals surface area contributed by atoms with Crippen LogP contribution in [0.1, 0.15) is 60.3 Å². The van der Waals surface area contributed by atoms with Gasteiger partial charge in [0, 0.05) is 0 Å². The summed E-state index contributed by atoms with van der Waals surface area (Å²) in [6.07, 6.45) is 5.52. The van der Waals surface area contributed by atoms with Gasteiger partial charge in [0.15, 0.2) is 0 Å². The third kappa shape index (κ3) is 7.90. The Morgan fingerprint density at radius 2 is 1.73 bits per heavy atom. The largest absolute Gasteiger partial charge is 0.0651 e. The quantitative estimate of drug-likeness (QED) is 0.571. The summed E-state index contributed by atoms with van der Waals surface area (Å²) in [4.78, 5) is 0. The van der Waals surface area contributed by atoms with Crippen molar-refractivity contribution < 1.29 is 0 Å². The molecule has 11 heavy (non-hydrogen) atoms. The van der Waals surface area contributed by atoms with Crippen molar-refractivity contribution >= 4 is 0 Å². The molecule has 0 aromatic rings. The van der Waals surface area contributed by atoms with Crippen LogP contribution in [0, 0.1) is 11.3 Å². The average molecular weight is 156 g/mol. The molecule has 0 saturated heterocycles. The normalized spacial score (nSPS) is 15.0. The first-order valence-corrected chi connectivity index (χ1v) is 4.95. The molecular weight excluding hydrogens is 132 g/mol. The lowest BCUT2D eigenvalue weighted by atomic mass is 9.88. The molecule has 0 heteroatoms. The maximum Gasteiger partial charge on any atom is -0.0383 e. The number of hydrogen-bond donors (Lipinski definition) is 0. The fraction of sp³-hybridized carbons (Fsp3) is 1.00. The van der Waals surface area contributed by atoms with Gasteiger partial charge in [0.2, 0.25) is 0 Å². The highest BCUT2D eigenvalue weighted by molar-refractivity contribution is 4.62. The van der Waals surface area contributed by atoms with Crippen molar-refractivity contribution in [3.63, 3.8) is 0 Å². The first-order chi connectivity index (χ1) is 4.95. The first kappa shape index (κ1) is 11.0. The van der Waals surface area contributed by atoms with E-state index in [1.165, 1.54) is 25.7 Å². The number of rotatable bonds is 4. The maximum atomic E-state index is 2.35. The lowest BCUT2D eigenvalue weighted by Gasteiger charge is -2.18. The summed E-state index contributed by atoms with van der Waals surface area (Å²) in [6.45, 7) is 11.6. The van der Waals surface area contributed by atoms with Crippen LogP contribution in [-0.2, 0) is 0 Å². The summed E-state index contributed by atoms with van der Waals surface area (Å²) in [5.41, 5.74) is 0.535. The molecule has 0 saturated carbocycles. The predicted octanol–water partition coefficient (Wildman–Crippen LogP) is 4.25. The van der Waals surface area contributed by atoms with Crippen LogP contribution in [0.25, 0.3) is 0 Å². The smallest absolute Gasteiger partial charge is 0.0383 e. The van der Waals surface area contributed by atoms with Crippen molar-refractivity contribution in [1.29, 1.82) is 0 Å². The average Bonchev–Trinajstić information content (AvgIpc) is 1.85. The van der Waals surface area contributed by atoms with E-state index in [1.54, 1.807) is 0 Å². The summed E-state index contributed by atoms with van der Waals surface area (Å²) in [5.74, 6) is 0.928. The molecule has 0 aromatic carbocycles. The fourth-order valence-electron chi connectivity index (χ4n) is 1.18. The number of hydrogen-bond acceptors (Lipinski definition) is 0. The molecule has 0 spiro atoms. The molecule has 0 bridgehead atoms. The predicted molar refractivity (Wildman–Crippen MR) is 52.8 cm³/mol. The zero-order valence-corrected chi connectivity index (χ0v) is 8.91. The molecule has 68 valence electrons. The van der Waals surface area contributed by atoms with Gasteiger partial charge in [-0.05, 0) is 17.8 Å². The molecule has 0 heterocycles. The van der Waals surface area contributed by atoms with Gasteiger partial charge in [-0.15, -0.1) is 0 Å². The van der Waals surface area contributed by atoms with Crippen LogP contribution in [0.15, 0.2) is 0 Å². The van der Waals surface area contributed by atoms with Crippen LogP contribution in [0.3, 0.4) is 0 Å². The second-order valence-electron chi connectivity index (χ2n) is 4.97. The van der Waals surface area contributed by atoms with Gasteiger partial charge >= 0.3 is 0 Å². The molecule has 0 aromatic heterocycles. The monoisotopic (exact) mass is 156 g/mol. The summed E-state index contributed by atoms with van der Waals surface area (Å²) in [5, 5.41) is 0. The topological polar surface area (TPSA) is 0 Å². The van der Waals surface area contributed by atoms with Gasteiger partial charge in [0.05, 0.1) is 0 Å². The Hall–Kier alpha value is 0. The molecule has 0 aliphatic heterocycles. The molecule has 0 amide bonds. The fourth-order valence-corrected chi connectivity index (χ4v) is 1.18. The van der Waals surface area contributed by atoms with Crippen LogP contribution in [0.4, 0.5) is 0 Å². The van der Waals surface area contributed by atoms with Crippen LogP contribution >= 0.6 is 0 Å². The highest BCUT2D eigenvalue weighted by Crippen LogP contribution is 2.23. The van der Waals surface area contributed by atoms with Crippen molar-refractivity contribution in [2.24, 2.45) is 11.3 Å². The summed E-state index contributed by atoms with van der Waals surface area (Å²) >= 11 is 0. The summed E-state index contributed by atoms with van der Waals surface area (Å²) in [7, 11) is 0. The molecule has 0 N–H and O–H groups in total. The van der Waals surface area contributed by atoms with Gasteiger partial charge in [-0.3, -0.25) is 0 Å². The second-order valence-corrected chi connectivity index (χ2v) is 4.97.